The molecule has 0 aromatic rings. The summed E-state index contributed by atoms with van der Waals surface area (Å²) in [4.78, 5) is 0. The van der Waals surface area contributed by atoms with E-state index < -0.39 is 0 Å². The van der Waals surface area contributed by atoms with E-state index in [1.807, 2.05) is 0 Å². The summed E-state index contributed by atoms with van der Waals surface area (Å²) in [5.41, 5.74) is 0.467. The summed E-state index contributed by atoms with van der Waals surface area (Å²) in [5.74, 6) is 2.72. The van der Waals surface area contributed by atoms with Crippen molar-refractivity contribution in [2.45, 2.75) is 85.6 Å². The maximum absolute atomic E-state index is 3.65. The molecule has 0 amide bonds. The Kier molecular flexibility index (Phi) is 6.86. The molecule has 0 heterocycles. The predicted molar refractivity (Wildman–Crippen MR) is 86.4 cm³/mol. The van der Waals surface area contributed by atoms with Crippen LogP contribution in [0.25, 0.3) is 0 Å². The summed E-state index contributed by atoms with van der Waals surface area (Å²) < 4.78 is 0. The van der Waals surface area contributed by atoms with Crippen molar-refractivity contribution >= 4 is 0 Å². The van der Waals surface area contributed by atoms with Gasteiger partial charge in [0.1, 0.15) is 0 Å². The summed E-state index contributed by atoms with van der Waals surface area (Å²) in [7, 11) is 2.18. The molecule has 0 radical (unpaired) electrons. The van der Waals surface area contributed by atoms with Crippen molar-refractivity contribution in [3.05, 3.63) is 0 Å². The Bertz CT molecular complexity index is 241. The van der Waals surface area contributed by atoms with E-state index in [-0.39, 0.29) is 0 Å². The van der Waals surface area contributed by atoms with Crippen LogP contribution < -0.4 is 5.32 Å². The fourth-order valence-corrected chi connectivity index (χ4v) is 4.34. The highest BCUT2D eigenvalue weighted by atomic mass is 14.9. The van der Waals surface area contributed by atoms with Gasteiger partial charge in [-0.3, -0.25) is 0 Å². The Hall–Kier alpha value is -0.0400. The van der Waals surface area contributed by atoms with Gasteiger partial charge >= 0.3 is 0 Å². The molecule has 0 saturated heterocycles. The first-order valence-corrected chi connectivity index (χ1v) is 8.54. The van der Waals surface area contributed by atoms with Crippen molar-refractivity contribution < 1.29 is 0 Å². The van der Waals surface area contributed by atoms with E-state index in [0.717, 1.165) is 23.8 Å². The van der Waals surface area contributed by atoms with Crippen molar-refractivity contribution in [1.29, 1.82) is 0 Å². The van der Waals surface area contributed by atoms with Crippen LogP contribution in [0.5, 0.6) is 0 Å². The average Bonchev–Trinajstić information content (AvgIpc) is 2.33. The fourth-order valence-electron chi connectivity index (χ4n) is 4.34. The van der Waals surface area contributed by atoms with Crippen molar-refractivity contribution in [2.24, 2.45) is 23.2 Å². The van der Waals surface area contributed by atoms with Crippen LogP contribution in [0.3, 0.4) is 0 Å². The molecule has 0 aromatic heterocycles. The van der Waals surface area contributed by atoms with E-state index in [2.05, 4.69) is 47.0 Å². The number of rotatable bonds is 6. The molecule has 0 aliphatic heterocycles. The fraction of sp³-hybridized carbons (Fsp3) is 1.00. The van der Waals surface area contributed by atoms with Gasteiger partial charge in [0.05, 0.1) is 0 Å². The van der Waals surface area contributed by atoms with Crippen LogP contribution in [0.15, 0.2) is 0 Å². The highest BCUT2D eigenvalue weighted by Gasteiger charge is 2.31. The second kappa shape index (κ2) is 7.67. The maximum Gasteiger partial charge on any atom is 0.00975 e. The Balaban J connectivity index is 2.56. The minimum absolute atomic E-state index is 0.467. The summed E-state index contributed by atoms with van der Waals surface area (Å²) in [6, 6.07) is 0.739. The van der Waals surface area contributed by atoms with E-state index in [0.29, 0.717) is 5.41 Å². The molecule has 1 fully saturated rings. The van der Waals surface area contributed by atoms with Gasteiger partial charge in [-0.25, -0.2) is 0 Å². The summed E-state index contributed by atoms with van der Waals surface area (Å²) in [6.45, 7) is 11.9. The topological polar surface area (TPSA) is 12.0 Å². The molecule has 1 heteroatoms. The Morgan fingerprint density at radius 3 is 2.32 bits per heavy atom. The van der Waals surface area contributed by atoms with E-state index in [1.165, 1.54) is 44.9 Å². The molecule has 4 unspecified atom stereocenters. The van der Waals surface area contributed by atoms with Crippen LogP contribution in [-0.4, -0.2) is 13.1 Å². The lowest BCUT2D eigenvalue weighted by Gasteiger charge is -2.38. The van der Waals surface area contributed by atoms with E-state index in [9.17, 15) is 0 Å². The van der Waals surface area contributed by atoms with Crippen LogP contribution in [0.2, 0.25) is 0 Å². The Morgan fingerprint density at radius 1 is 1.16 bits per heavy atom. The number of hydrogen-bond acceptors (Lipinski definition) is 1. The largest absolute Gasteiger partial charge is 0.317 e. The van der Waals surface area contributed by atoms with Gasteiger partial charge < -0.3 is 5.32 Å². The standard InChI is InChI=1S/C18H37N/c1-7-15-10-8-9-11-16(15)17(19-6)12-14(2)13-18(3,4)5/h14-17,19H,7-13H2,1-6H3. The van der Waals surface area contributed by atoms with Crippen molar-refractivity contribution in [3.63, 3.8) is 0 Å². The molecule has 19 heavy (non-hydrogen) atoms. The molecule has 0 aromatic carbocycles. The second-order valence-corrected chi connectivity index (χ2v) is 8.12. The Labute approximate surface area is 121 Å². The molecular formula is C18H37N. The molecule has 4 atom stereocenters. The second-order valence-electron chi connectivity index (χ2n) is 8.12. The number of hydrogen-bond donors (Lipinski definition) is 1. The summed E-state index contributed by atoms with van der Waals surface area (Å²) in [6.07, 6.45) is 9.90. The van der Waals surface area contributed by atoms with Gasteiger partial charge in [-0.15, -0.1) is 0 Å². The van der Waals surface area contributed by atoms with Gasteiger partial charge in [-0.1, -0.05) is 60.3 Å². The zero-order valence-electron chi connectivity index (χ0n) is 14.3. The lowest BCUT2D eigenvalue weighted by atomic mass is 9.71. The van der Waals surface area contributed by atoms with E-state index in [1.54, 1.807) is 0 Å². The molecule has 1 N–H and O–H groups in total. The van der Waals surface area contributed by atoms with Gasteiger partial charge in [0.25, 0.3) is 0 Å². The summed E-state index contributed by atoms with van der Waals surface area (Å²) >= 11 is 0. The third kappa shape index (κ3) is 5.85. The highest BCUT2D eigenvalue weighted by molar-refractivity contribution is 4.85. The van der Waals surface area contributed by atoms with Gasteiger partial charge in [0.15, 0.2) is 0 Å². The minimum Gasteiger partial charge on any atom is -0.317 e. The monoisotopic (exact) mass is 267 g/mol. The first-order valence-electron chi connectivity index (χ1n) is 8.54. The molecule has 0 bridgehead atoms. The lowest BCUT2D eigenvalue weighted by molar-refractivity contribution is 0.154. The Morgan fingerprint density at radius 2 is 1.79 bits per heavy atom. The van der Waals surface area contributed by atoms with Crippen LogP contribution in [0, 0.1) is 23.2 Å². The third-order valence-corrected chi connectivity index (χ3v) is 5.00. The molecule has 1 rings (SSSR count). The van der Waals surface area contributed by atoms with E-state index in [4.69, 9.17) is 0 Å². The normalized spacial score (nSPS) is 28.1. The van der Waals surface area contributed by atoms with Gasteiger partial charge in [-0.2, -0.15) is 0 Å². The van der Waals surface area contributed by atoms with Crippen LogP contribution in [0.4, 0.5) is 0 Å². The van der Waals surface area contributed by atoms with Gasteiger partial charge in [-0.05, 0) is 49.5 Å². The predicted octanol–water partition coefficient (Wildman–Crippen LogP) is 5.25. The maximum atomic E-state index is 3.65. The minimum atomic E-state index is 0.467. The number of nitrogens with one attached hydrogen (secondary N) is 1. The quantitative estimate of drug-likeness (QED) is 0.693. The van der Waals surface area contributed by atoms with Crippen molar-refractivity contribution in [3.8, 4) is 0 Å². The molecule has 1 nitrogen and oxygen atoms in total. The van der Waals surface area contributed by atoms with Gasteiger partial charge in [0, 0.05) is 6.04 Å². The molecule has 0 spiro atoms. The molecular weight excluding hydrogens is 230 g/mol. The molecule has 1 saturated carbocycles. The lowest BCUT2D eigenvalue weighted by Crippen LogP contribution is -2.40. The van der Waals surface area contributed by atoms with Crippen LogP contribution in [-0.2, 0) is 0 Å². The zero-order chi connectivity index (χ0) is 14.5. The first-order chi connectivity index (χ1) is 8.87. The van der Waals surface area contributed by atoms with Crippen LogP contribution >= 0.6 is 0 Å². The van der Waals surface area contributed by atoms with E-state index >= 15 is 0 Å². The van der Waals surface area contributed by atoms with Gasteiger partial charge in [0.2, 0.25) is 0 Å². The first kappa shape index (κ1) is 17.0. The van der Waals surface area contributed by atoms with Crippen molar-refractivity contribution in [1.82, 2.24) is 5.32 Å². The van der Waals surface area contributed by atoms with Crippen LogP contribution in [0.1, 0.15) is 79.6 Å². The SMILES string of the molecule is CCC1CCCCC1C(CC(C)CC(C)(C)C)NC. The highest BCUT2D eigenvalue weighted by Crippen LogP contribution is 2.37. The smallest absolute Gasteiger partial charge is 0.00975 e. The summed E-state index contributed by atoms with van der Waals surface area (Å²) in [5, 5.41) is 3.65. The molecule has 1 aliphatic carbocycles. The average molecular weight is 268 g/mol. The third-order valence-electron chi connectivity index (χ3n) is 5.00. The molecule has 114 valence electrons. The molecule has 1 aliphatic rings. The van der Waals surface area contributed by atoms with Crippen molar-refractivity contribution in [2.75, 3.05) is 7.05 Å². The zero-order valence-corrected chi connectivity index (χ0v) is 14.3.